The first kappa shape index (κ1) is 15.2. The molecule has 2 nitrogen and oxygen atoms in total. The first-order chi connectivity index (χ1) is 9.38. The van der Waals surface area contributed by atoms with Crippen LogP contribution in [-0.4, -0.2) is 4.21 Å². The Bertz CT molecular complexity index is 671. The van der Waals surface area contributed by atoms with Crippen LogP contribution in [0, 0.1) is 11.6 Å². The fourth-order valence-electron chi connectivity index (χ4n) is 1.66. The molecule has 0 spiro atoms. The minimum Gasteiger partial charge on any atom is -0.399 e. The van der Waals surface area contributed by atoms with Gasteiger partial charge in [-0.2, -0.15) is 0 Å². The van der Waals surface area contributed by atoms with Gasteiger partial charge in [0.05, 0.1) is 16.6 Å². The van der Waals surface area contributed by atoms with Crippen molar-refractivity contribution >= 4 is 39.7 Å². The molecule has 1 unspecified atom stereocenters. The van der Waals surface area contributed by atoms with E-state index in [0.29, 0.717) is 15.6 Å². The summed E-state index contributed by atoms with van der Waals surface area (Å²) >= 11 is 11.7. The Kier molecular flexibility index (Phi) is 4.62. The average molecular weight is 336 g/mol. The van der Waals surface area contributed by atoms with Gasteiger partial charge in [0.25, 0.3) is 0 Å². The summed E-state index contributed by atoms with van der Waals surface area (Å²) in [4.78, 5) is -0.518. The minimum absolute atomic E-state index is 0.0680. The molecule has 0 radical (unpaired) electrons. The Morgan fingerprint density at radius 2 is 1.70 bits per heavy atom. The van der Waals surface area contributed by atoms with E-state index in [4.69, 9.17) is 28.9 Å². The van der Waals surface area contributed by atoms with Crippen molar-refractivity contribution in [3.05, 3.63) is 57.6 Å². The van der Waals surface area contributed by atoms with E-state index in [2.05, 4.69) is 0 Å². The number of hydrogen-bond donors (Lipinski definition) is 1. The molecular formula is C13H9Cl2F2NOS. The molecule has 2 rings (SSSR count). The van der Waals surface area contributed by atoms with E-state index in [1.165, 1.54) is 12.1 Å². The second kappa shape index (κ2) is 6.08. The van der Waals surface area contributed by atoms with Crippen LogP contribution in [-0.2, 0) is 16.6 Å². The number of anilines is 1. The van der Waals surface area contributed by atoms with Crippen molar-refractivity contribution in [3.63, 3.8) is 0 Å². The second-order valence-corrected chi connectivity index (χ2v) is 6.27. The van der Waals surface area contributed by atoms with E-state index < -0.39 is 27.3 Å². The molecule has 0 aliphatic rings. The zero-order chi connectivity index (χ0) is 14.9. The van der Waals surface area contributed by atoms with Crippen LogP contribution < -0.4 is 5.73 Å². The summed E-state index contributed by atoms with van der Waals surface area (Å²) in [6.45, 7) is 0. The lowest BCUT2D eigenvalue weighted by Crippen LogP contribution is -2.04. The highest BCUT2D eigenvalue weighted by Crippen LogP contribution is 2.26. The largest absolute Gasteiger partial charge is 0.399 e. The molecule has 2 aromatic rings. The van der Waals surface area contributed by atoms with E-state index in [9.17, 15) is 13.0 Å². The van der Waals surface area contributed by atoms with Gasteiger partial charge >= 0.3 is 0 Å². The van der Waals surface area contributed by atoms with Gasteiger partial charge in [-0.3, -0.25) is 4.21 Å². The highest BCUT2D eigenvalue weighted by Gasteiger charge is 2.18. The van der Waals surface area contributed by atoms with Crippen LogP contribution in [0.1, 0.15) is 5.56 Å². The summed E-state index contributed by atoms with van der Waals surface area (Å²) in [6.07, 6.45) is 0. The Balaban J connectivity index is 2.36. The van der Waals surface area contributed by atoms with Crippen molar-refractivity contribution in [2.75, 3.05) is 5.73 Å². The number of halogens is 4. The molecule has 7 heteroatoms. The third-order valence-electron chi connectivity index (χ3n) is 2.54. The minimum atomic E-state index is -1.93. The molecule has 0 fully saturated rings. The predicted octanol–water partition coefficient (Wildman–Crippen LogP) is 4.16. The first-order valence-electron chi connectivity index (χ1n) is 5.45. The first-order valence-corrected chi connectivity index (χ1v) is 7.53. The zero-order valence-corrected chi connectivity index (χ0v) is 12.3. The van der Waals surface area contributed by atoms with E-state index in [-0.39, 0.29) is 11.4 Å². The van der Waals surface area contributed by atoms with Crippen molar-refractivity contribution in [2.24, 2.45) is 0 Å². The standard InChI is InChI=1S/C13H9Cl2F2NOS/c14-8-1-2-10(15)7(3-8)6-20(19)13-11(16)4-9(18)5-12(13)17/h1-5H,6,18H2. The van der Waals surface area contributed by atoms with Gasteiger partial charge in [0.2, 0.25) is 0 Å². The summed E-state index contributed by atoms with van der Waals surface area (Å²) in [5, 5.41) is 0.735. The molecule has 2 aromatic carbocycles. The number of hydrogen-bond acceptors (Lipinski definition) is 2. The third-order valence-corrected chi connectivity index (χ3v) is 4.57. The van der Waals surface area contributed by atoms with Crippen molar-refractivity contribution in [1.29, 1.82) is 0 Å². The molecule has 2 N–H and O–H groups in total. The molecule has 0 aromatic heterocycles. The van der Waals surface area contributed by atoms with E-state index in [0.717, 1.165) is 12.1 Å². The van der Waals surface area contributed by atoms with Crippen LogP contribution in [0.15, 0.2) is 35.2 Å². The number of rotatable bonds is 3. The maximum Gasteiger partial charge on any atom is 0.144 e. The molecule has 0 saturated heterocycles. The normalized spacial score (nSPS) is 12.4. The van der Waals surface area contributed by atoms with Gasteiger partial charge in [0.15, 0.2) is 0 Å². The smallest absolute Gasteiger partial charge is 0.144 e. The van der Waals surface area contributed by atoms with Crippen molar-refractivity contribution in [2.45, 2.75) is 10.6 Å². The lowest BCUT2D eigenvalue weighted by Gasteiger charge is -2.08. The van der Waals surface area contributed by atoms with Crippen LogP contribution in [0.5, 0.6) is 0 Å². The van der Waals surface area contributed by atoms with E-state index in [1.54, 1.807) is 6.07 Å². The monoisotopic (exact) mass is 335 g/mol. The Labute approximate surface area is 127 Å². The highest BCUT2D eigenvalue weighted by atomic mass is 35.5. The van der Waals surface area contributed by atoms with E-state index in [1.807, 2.05) is 0 Å². The topological polar surface area (TPSA) is 43.1 Å². The fourth-order valence-corrected chi connectivity index (χ4v) is 3.34. The summed E-state index contributed by atoms with van der Waals surface area (Å²) in [6, 6.07) is 6.47. The summed E-state index contributed by atoms with van der Waals surface area (Å²) in [7, 11) is -1.93. The lowest BCUT2D eigenvalue weighted by molar-refractivity contribution is 0.535. The van der Waals surface area contributed by atoms with Crippen molar-refractivity contribution < 1.29 is 13.0 Å². The maximum absolute atomic E-state index is 13.7. The molecule has 0 bridgehead atoms. The third kappa shape index (κ3) is 3.29. The Morgan fingerprint density at radius 1 is 1.10 bits per heavy atom. The Morgan fingerprint density at radius 3 is 2.30 bits per heavy atom. The van der Waals surface area contributed by atoms with Gasteiger partial charge in [0, 0.05) is 15.7 Å². The maximum atomic E-state index is 13.7. The molecule has 0 aliphatic heterocycles. The number of nitrogens with two attached hydrogens (primary N) is 1. The lowest BCUT2D eigenvalue weighted by atomic mass is 10.2. The SMILES string of the molecule is Nc1cc(F)c(S(=O)Cc2cc(Cl)ccc2Cl)c(F)c1. The summed E-state index contributed by atoms with van der Waals surface area (Å²) in [5.41, 5.74) is 5.69. The van der Waals surface area contributed by atoms with Crippen LogP contribution >= 0.6 is 23.2 Å². The molecule has 0 heterocycles. The number of benzene rings is 2. The van der Waals surface area contributed by atoms with Crippen LogP contribution in [0.25, 0.3) is 0 Å². The highest BCUT2D eigenvalue weighted by molar-refractivity contribution is 7.84. The quantitative estimate of drug-likeness (QED) is 0.855. The molecule has 0 aliphatic carbocycles. The van der Waals surface area contributed by atoms with E-state index >= 15 is 0 Å². The fraction of sp³-hybridized carbons (Fsp3) is 0.0769. The van der Waals surface area contributed by atoms with Gasteiger partial charge in [0.1, 0.15) is 16.5 Å². The second-order valence-electron chi connectivity index (χ2n) is 4.04. The molecule has 106 valence electrons. The zero-order valence-electron chi connectivity index (χ0n) is 10.00. The van der Waals surface area contributed by atoms with Gasteiger partial charge in [-0.1, -0.05) is 23.2 Å². The molecule has 0 amide bonds. The Hall–Kier alpha value is -1.17. The van der Waals surface area contributed by atoms with Gasteiger partial charge in [-0.05, 0) is 35.9 Å². The van der Waals surface area contributed by atoms with Gasteiger partial charge < -0.3 is 5.73 Å². The van der Waals surface area contributed by atoms with Crippen LogP contribution in [0.2, 0.25) is 10.0 Å². The summed E-state index contributed by atoms with van der Waals surface area (Å²) < 4.78 is 39.5. The summed E-state index contributed by atoms with van der Waals surface area (Å²) in [5.74, 6) is -2.03. The van der Waals surface area contributed by atoms with Gasteiger partial charge in [-0.25, -0.2) is 8.78 Å². The predicted molar refractivity (Wildman–Crippen MR) is 77.3 cm³/mol. The average Bonchev–Trinajstić information content (AvgIpc) is 2.32. The van der Waals surface area contributed by atoms with Crippen LogP contribution in [0.4, 0.5) is 14.5 Å². The van der Waals surface area contributed by atoms with Crippen molar-refractivity contribution in [1.82, 2.24) is 0 Å². The van der Waals surface area contributed by atoms with Gasteiger partial charge in [-0.15, -0.1) is 0 Å². The molecule has 1 atom stereocenters. The molecular weight excluding hydrogens is 327 g/mol. The van der Waals surface area contributed by atoms with Crippen LogP contribution in [0.3, 0.4) is 0 Å². The van der Waals surface area contributed by atoms with Crippen molar-refractivity contribution in [3.8, 4) is 0 Å². The number of nitrogen functional groups attached to an aromatic ring is 1. The molecule has 0 saturated carbocycles. The molecule has 20 heavy (non-hydrogen) atoms.